The zero-order valence-corrected chi connectivity index (χ0v) is 17.4. The summed E-state index contributed by atoms with van der Waals surface area (Å²) in [4.78, 5) is 17.2. The number of hydrogen-bond acceptors (Lipinski definition) is 6. The number of ether oxygens (including phenoxy) is 3. The molecule has 1 aromatic heterocycles. The van der Waals surface area contributed by atoms with Crippen LogP contribution in [0.3, 0.4) is 0 Å². The minimum atomic E-state index is -0.539. The van der Waals surface area contributed by atoms with Crippen molar-refractivity contribution in [2.24, 2.45) is 0 Å². The predicted molar refractivity (Wildman–Crippen MR) is 118 cm³/mol. The van der Waals surface area contributed by atoms with Gasteiger partial charge in [0.1, 0.15) is 19.0 Å². The van der Waals surface area contributed by atoms with Crippen LogP contribution in [0.5, 0.6) is 23.0 Å². The van der Waals surface area contributed by atoms with Crippen molar-refractivity contribution in [1.82, 2.24) is 4.98 Å². The van der Waals surface area contributed by atoms with Crippen LogP contribution in [0.4, 0.5) is 10.1 Å². The monoisotopic (exact) mass is 438 g/mol. The van der Waals surface area contributed by atoms with Gasteiger partial charge < -0.3 is 19.5 Å². The van der Waals surface area contributed by atoms with Crippen LogP contribution in [0.1, 0.15) is 5.56 Å². The second-order valence-corrected chi connectivity index (χ2v) is 7.35. The first-order chi connectivity index (χ1) is 15.1. The highest BCUT2D eigenvalue weighted by Crippen LogP contribution is 2.39. The highest BCUT2D eigenvalue weighted by molar-refractivity contribution is 7.98. The lowest BCUT2D eigenvalue weighted by molar-refractivity contribution is -0.111. The van der Waals surface area contributed by atoms with Crippen molar-refractivity contribution in [2.45, 2.75) is 4.90 Å². The Hall–Kier alpha value is -3.52. The van der Waals surface area contributed by atoms with E-state index in [0.29, 0.717) is 41.7 Å². The van der Waals surface area contributed by atoms with Crippen molar-refractivity contribution in [3.8, 4) is 23.0 Å². The molecule has 31 heavy (non-hydrogen) atoms. The predicted octanol–water partition coefficient (Wildman–Crippen LogP) is 5.16. The maximum absolute atomic E-state index is 14.4. The molecule has 0 radical (unpaired) electrons. The summed E-state index contributed by atoms with van der Waals surface area (Å²) in [5.41, 5.74) is 1.15. The Bertz CT molecular complexity index is 1120. The Labute approximate surface area is 183 Å². The van der Waals surface area contributed by atoms with E-state index in [0.717, 1.165) is 4.90 Å². The standard InChI is InChI=1S/C23H19FN2O4S/c1-31-22-13-21-20(28-9-10-29-21)12-18(22)26-23(27)7-5-15-4-6-19(17(24)11-15)30-16-3-2-8-25-14-16/h2-8,11-14H,9-10H2,1H3,(H,26,27)/b7-5+. The second-order valence-electron chi connectivity index (χ2n) is 6.50. The maximum Gasteiger partial charge on any atom is 0.248 e. The van der Waals surface area contributed by atoms with Gasteiger partial charge in [-0.2, -0.15) is 0 Å². The minimum absolute atomic E-state index is 0.0792. The number of nitrogens with zero attached hydrogens (tertiary/aromatic N) is 1. The fraction of sp³-hybridized carbons (Fsp3) is 0.130. The summed E-state index contributed by atoms with van der Waals surface area (Å²) < 4.78 is 31.0. The van der Waals surface area contributed by atoms with Crippen LogP contribution in [0.25, 0.3) is 6.08 Å². The molecule has 1 N–H and O–H groups in total. The summed E-state index contributed by atoms with van der Waals surface area (Å²) in [6.07, 6.45) is 7.89. The van der Waals surface area contributed by atoms with Crippen LogP contribution >= 0.6 is 11.8 Å². The van der Waals surface area contributed by atoms with E-state index in [1.807, 2.05) is 12.3 Å². The number of carbonyl (C=O) groups is 1. The number of pyridine rings is 1. The summed E-state index contributed by atoms with van der Waals surface area (Å²) in [5.74, 6) is 0.886. The first kappa shape index (κ1) is 20.7. The topological polar surface area (TPSA) is 69.7 Å². The SMILES string of the molecule is CSc1cc2c(cc1NC(=O)/C=C/c1ccc(Oc3cccnc3)c(F)c1)OCCO2. The molecule has 0 unspecified atom stereocenters. The van der Waals surface area contributed by atoms with Gasteiger partial charge in [0.25, 0.3) is 0 Å². The lowest BCUT2D eigenvalue weighted by Gasteiger charge is -2.20. The molecule has 2 aromatic carbocycles. The molecule has 2 heterocycles. The van der Waals surface area contributed by atoms with E-state index in [-0.39, 0.29) is 11.7 Å². The summed E-state index contributed by atoms with van der Waals surface area (Å²) in [6, 6.07) is 11.4. The number of aromatic nitrogens is 1. The quantitative estimate of drug-likeness (QED) is 0.424. The van der Waals surface area contributed by atoms with Crippen LogP contribution in [0.2, 0.25) is 0 Å². The number of benzene rings is 2. The van der Waals surface area contributed by atoms with Gasteiger partial charge in [-0.05, 0) is 48.2 Å². The smallest absolute Gasteiger partial charge is 0.248 e. The van der Waals surface area contributed by atoms with Gasteiger partial charge in [0.15, 0.2) is 23.1 Å². The number of hydrogen-bond donors (Lipinski definition) is 1. The summed E-state index contributed by atoms with van der Waals surface area (Å²) in [5, 5.41) is 2.83. The fourth-order valence-electron chi connectivity index (χ4n) is 2.92. The molecule has 4 rings (SSSR count). The third-order valence-electron chi connectivity index (χ3n) is 4.37. The zero-order valence-electron chi connectivity index (χ0n) is 16.6. The van der Waals surface area contributed by atoms with Crippen molar-refractivity contribution in [3.63, 3.8) is 0 Å². The Balaban J connectivity index is 1.44. The van der Waals surface area contributed by atoms with Crippen molar-refractivity contribution < 1.29 is 23.4 Å². The first-order valence-electron chi connectivity index (χ1n) is 9.46. The maximum atomic E-state index is 14.4. The number of amides is 1. The molecule has 1 amide bonds. The Kier molecular flexibility index (Phi) is 6.37. The molecule has 8 heteroatoms. The number of nitrogens with one attached hydrogen (secondary N) is 1. The normalized spacial score (nSPS) is 12.6. The molecule has 0 saturated heterocycles. The number of anilines is 1. The van der Waals surface area contributed by atoms with Crippen molar-refractivity contribution >= 4 is 29.4 Å². The van der Waals surface area contributed by atoms with E-state index < -0.39 is 5.82 Å². The van der Waals surface area contributed by atoms with Gasteiger partial charge in [0, 0.05) is 23.2 Å². The molecule has 3 aromatic rings. The Morgan fingerprint density at radius 3 is 2.71 bits per heavy atom. The molecular formula is C23H19FN2O4S. The van der Waals surface area contributed by atoms with Crippen LogP contribution < -0.4 is 19.5 Å². The van der Waals surface area contributed by atoms with Gasteiger partial charge >= 0.3 is 0 Å². The van der Waals surface area contributed by atoms with Gasteiger partial charge in [-0.25, -0.2) is 4.39 Å². The molecule has 0 aliphatic carbocycles. The number of thioether (sulfide) groups is 1. The van der Waals surface area contributed by atoms with Crippen molar-refractivity contribution in [1.29, 1.82) is 0 Å². The van der Waals surface area contributed by atoms with Gasteiger partial charge in [-0.1, -0.05) is 6.07 Å². The Morgan fingerprint density at radius 1 is 1.19 bits per heavy atom. The van der Waals surface area contributed by atoms with E-state index in [1.54, 1.807) is 30.5 Å². The van der Waals surface area contributed by atoms with Gasteiger partial charge in [-0.15, -0.1) is 11.8 Å². The number of carbonyl (C=O) groups excluding carboxylic acids is 1. The number of fused-ring (bicyclic) bond motifs is 1. The molecular weight excluding hydrogens is 419 g/mol. The highest BCUT2D eigenvalue weighted by atomic mass is 32.2. The first-order valence-corrected chi connectivity index (χ1v) is 10.7. The molecule has 0 fully saturated rings. The number of halogens is 1. The highest BCUT2D eigenvalue weighted by Gasteiger charge is 2.16. The van der Waals surface area contributed by atoms with Gasteiger partial charge in [0.2, 0.25) is 5.91 Å². The summed E-state index contributed by atoms with van der Waals surface area (Å²) in [6.45, 7) is 0.961. The van der Waals surface area contributed by atoms with Crippen LogP contribution in [0.15, 0.2) is 65.8 Å². The molecule has 1 aliphatic heterocycles. The van der Waals surface area contributed by atoms with Crippen LogP contribution in [-0.4, -0.2) is 30.4 Å². The second kappa shape index (κ2) is 9.53. The molecule has 158 valence electrons. The van der Waals surface area contributed by atoms with Crippen LogP contribution in [-0.2, 0) is 4.79 Å². The average Bonchev–Trinajstić information content (AvgIpc) is 2.79. The third kappa shape index (κ3) is 5.16. The third-order valence-corrected chi connectivity index (χ3v) is 5.15. The van der Waals surface area contributed by atoms with E-state index >= 15 is 0 Å². The zero-order chi connectivity index (χ0) is 21.6. The summed E-state index contributed by atoms with van der Waals surface area (Å²) in [7, 11) is 0. The lowest BCUT2D eigenvalue weighted by atomic mass is 10.2. The average molecular weight is 438 g/mol. The Morgan fingerprint density at radius 2 is 2.00 bits per heavy atom. The van der Waals surface area contributed by atoms with E-state index in [2.05, 4.69) is 10.3 Å². The molecule has 0 spiro atoms. The summed E-state index contributed by atoms with van der Waals surface area (Å²) >= 11 is 1.49. The van der Waals surface area contributed by atoms with Gasteiger partial charge in [0.05, 0.1) is 11.9 Å². The van der Waals surface area contributed by atoms with Crippen molar-refractivity contribution in [3.05, 3.63) is 72.3 Å². The minimum Gasteiger partial charge on any atom is -0.486 e. The van der Waals surface area contributed by atoms with Gasteiger partial charge in [-0.3, -0.25) is 9.78 Å². The number of rotatable bonds is 6. The molecule has 6 nitrogen and oxygen atoms in total. The van der Waals surface area contributed by atoms with E-state index in [9.17, 15) is 9.18 Å². The van der Waals surface area contributed by atoms with E-state index in [1.165, 1.54) is 42.2 Å². The fourth-order valence-corrected chi connectivity index (χ4v) is 3.48. The van der Waals surface area contributed by atoms with Crippen molar-refractivity contribution in [2.75, 3.05) is 24.8 Å². The molecule has 0 bridgehead atoms. The molecule has 0 atom stereocenters. The molecule has 1 aliphatic rings. The van der Waals surface area contributed by atoms with E-state index in [4.69, 9.17) is 14.2 Å². The lowest BCUT2D eigenvalue weighted by Crippen LogP contribution is -2.16. The molecule has 0 saturated carbocycles. The largest absolute Gasteiger partial charge is 0.486 e. The van der Waals surface area contributed by atoms with Crippen LogP contribution in [0, 0.1) is 5.82 Å².